The highest BCUT2D eigenvalue weighted by Crippen LogP contribution is 2.22. The molecule has 0 radical (unpaired) electrons. The molecule has 0 bridgehead atoms. The lowest BCUT2D eigenvalue weighted by atomic mass is 10.2. The zero-order chi connectivity index (χ0) is 18.5. The van der Waals surface area contributed by atoms with Crippen molar-refractivity contribution in [2.45, 2.75) is 32.6 Å². The summed E-state index contributed by atoms with van der Waals surface area (Å²) in [5.74, 6) is 1.44. The van der Waals surface area contributed by atoms with E-state index in [9.17, 15) is 4.79 Å². The second-order valence-corrected chi connectivity index (χ2v) is 7.72. The maximum atomic E-state index is 12.3. The Morgan fingerprint density at radius 2 is 1.92 bits per heavy atom. The molecule has 1 fully saturated rings. The van der Waals surface area contributed by atoms with Crippen molar-refractivity contribution in [2.24, 2.45) is 10.7 Å². The average molecular weight is 372 g/mol. The minimum atomic E-state index is -0.320. The largest absolute Gasteiger partial charge is 0.383 e. The third-order valence-electron chi connectivity index (χ3n) is 4.50. The molecule has 2 aromatic heterocycles. The molecule has 1 aliphatic heterocycles. The molecule has 0 unspecified atom stereocenters. The van der Waals surface area contributed by atoms with E-state index in [4.69, 9.17) is 10.7 Å². The van der Waals surface area contributed by atoms with E-state index < -0.39 is 0 Å². The Morgan fingerprint density at radius 3 is 2.54 bits per heavy atom. The van der Waals surface area contributed by atoms with Crippen LogP contribution in [0.5, 0.6) is 0 Å². The van der Waals surface area contributed by atoms with Crippen LogP contribution < -0.4 is 16.0 Å². The van der Waals surface area contributed by atoms with Gasteiger partial charge in [0, 0.05) is 25.0 Å². The smallest absolute Gasteiger partial charge is 0.289 e. The number of nitrogens with two attached hydrogens (primary N) is 1. The lowest BCUT2D eigenvalue weighted by Crippen LogP contribution is -2.26. The van der Waals surface area contributed by atoms with Crippen LogP contribution in [-0.2, 0) is 0 Å². The highest BCUT2D eigenvalue weighted by molar-refractivity contribution is 7.14. The molecule has 7 heteroatoms. The van der Waals surface area contributed by atoms with E-state index in [0.29, 0.717) is 16.3 Å². The molecule has 1 saturated heterocycles. The Bertz CT molecular complexity index is 806. The van der Waals surface area contributed by atoms with Crippen LogP contribution in [0.3, 0.4) is 0 Å². The lowest BCUT2D eigenvalue weighted by molar-refractivity contribution is 0.101. The minimum Gasteiger partial charge on any atom is -0.383 e. The SMILES string of the molecule is CNc1nc(N2CCCCCC2)ccc1C(N)=NC(=O)c1ccc(C)s1. The van der Waals surface area contributed by atoms with Crippen LogP contribution in [0.25, 0.3) is 0 Å². The number of amides is 1. The molecule has 0 spiro atoms. The van der Waals surface area contributed by atoms with Gasteiger partial charge in [-0.1, -0.05) is 12.8 Å². The Balaban J connectivity index is 1.84. The summed E-state index contributed by atoms with van der Waals surface area (Å²) < 4.78 is 0. The summed E-state index contributed by atoms with van der Waals surface area (Å²) in [6.45, 7) is 4.00. The lowest BCUT2D eigenvalue weighted by Gasteiger charge is -2.22. The van der Waals surface area contributed by atoms with Gasteiger partial charge in [-0.3, -0.25) is 4.79 Å². The molecular weight excluding hydrogens is 346 g/mol. The molecule has 0 aliphatic carbocycles. The number of aryl methyl sites for hydroxylation is 1. The first kappa shape index (κ1) is 18.4. The van der Waals surface area contributed by atoms with Crippen LogP contribution in [0.2, 0.25) is 0 Å². The number of hydrogen-bond donors (Lipinski definition) is 2. The fraction of sp³-hybridized carbons (Fsp3) is 0.421. The van der Waals surface area contributed by atoms with Gasteiger partial charge in [-0.25, -0.2) is 4.98 Å². The molecule has 1 aliphatic rings. The Morgan fingerprint density at radius 1 is 1.19 bits per heavy atom. The van der Waals surface area contributed by atoms with E-state index in [1.807, 2.05) is 25.1 Å². The summed E-state index contributed by atoms with van der Waals surface area (Å²) in [6.07, 6.45) is 4.93. The molecule has 138 valence electrons. The third kappa shape index (κ3) is 4.22. The number of carbonyl (C=O) groups is 1. The number of anilines is 2. The number of thiophene rings is 1. The number of aromatic nitrogens is 1. The van der Waals surface area contributed by atoms with E-state index >= 15 is 0 Å². The number of aliphatic imine (C=N–C) groups is 1. The van der Waals surface area contributed by atoms with E-state index in [0.717, 1.165) is 23.8 Å². The Kier molecular flexibility index (Phi) is 5.88. The first-order chi connectivity index (χ1) is 12.6. The van der Waals surface area contributed by atoms with Gasteiger partial charge in [-0.15, -0.1) is 11.3 Å². The van der Waals surface area contributed by atoms with Gasteiger partial charge in [0.05, 0.1) is 10.4 Å². The van der Waals surface area contributed by atoms with Crippen molar-refractivity contribution in [1.82, 2.24) is 4.98 Å². The van der Waals surface area contributed by atoms with E-state index in [1.54, 1.807) is 13.1 Å². The van der Waals surface area contributed by atoms with Crippen molar-refractivity contribution >= 4 is 34.7 Å². The third-order valence-corrected chi connectivity index (χ3v) is 5.49. The Labute approximate surface area is 158 Å². The molecule has 1 amide bonds. The van der Waals surface area contributed by atoms with Gasteiger partial charge >= 0.3 is 0 Å². The zero-order valence-electron chi connectivity index (χ0n) is 15.3. The van der Waals surface area contributed by atoms with Crippen molar-refractivity contribution in [3.05, 3.63) is 39.6 Å². The van der Waals surface area contributed by atoms with Crippen molar-refractivity contribution in [3.8, 4) is 0 Å². The normalized spacial score (nSPS) is 15.6. The van der Waals surface area contributed by atoms with E-state index in [-0.39, 0.29) is 11.7 Å². The molecule has 6 nitrogen and oxygen atoms in total. The van der Waals surface area contributed by atoms with Gasteiger partial charge in [0.15, 0.2) is 0 Å². The van der Waals surface area contributed by atoms with Crippen LogP contribution in [0.15, 0.2) is 29.3 Å². The molecule has 0 atom stereocenters. The predicted molar refractivity (Wildman–Crippen MR) is 109 cm³/mol. The number of nitrogens with one attached hydrogen (secondary N) is 1. The summed E-state index contributed by atoms with van der Waals surface area (Å²) in [5, 5.41) is 3.08. The van der Waals surface area contributed by atoms with Crippen molar-refractivity contribution in [2.75, 3.05) is 30.4 Å². The maximum Gasteiger partial charge on any atom is 0.289 e. The van der Waals surface area contributed by atoms with Crippen molar-refractivity contribution < 1.29 is 4.79 Å². The highest BCUT2D eigenvalue weighted by Gasteiger charge is 2.16. The number of nitrogens with zero attached hydrogens (tertiary/aromatic N) is 3. The maximum absolute atomic E-state index is 12.3. The van der Waals surface area contributed by atoms with Gasteiger partial charge in [0.25, 0.3) is 5.91 Å². The fourth-order valence-electron chi connectivity index (χ4n) is 3.10. The Hall–Kier alpha value is -2.41. The summed E-state index contributed by atoms with van der Waals surface area (Å²) in [6, 6.07) is 7.54. The quantitative estimate of drug-likeness (QED) is 0.635. The molecule has 3 heterocycles. The number of hydrogen-bond acceptors (Lipinski definition) is 5. The van der Waals surface area contributed by atoms with Gasteiger partial charge in [-0.2, -0.15) is 4.99 Å². The summed E-state index contributed by atoms with van der Waals surface area (Å²) in [4.78, 5) is 25.0. The number of amidine groups is 1. The molecule has 2 aromatic rings. The number of pyridine rings is 1. The van der Waals surface area contributed by atoms with Crippen LogP contribution >= 0.6 is 11.3 Å². The minimum absolute atomic E-state index is 0.181. The molecule has 3 N–H and O–H groups in total. The monoisotopic (exact) mass is 371 g/mol. The van der Waals surface area contributed by atoms with Crippen molar-refractivity contribution in [1.29, 1.82) is 0 Å². The molecule has 0 saturated carbocycles. The van der Waals surface area contributed by atoms with Crippen molar-refractivity contribution in [3.63, 3.8) is 0 Å². The molecule has 26 heavy (non-hydrogen) atoms. The predicted octanol–water partition coefficient (Wildman–Crippen LogP) is 3.42. The first-order valence-corrected chi connectivity index (χ1v) is 9.79. The number of carbonyl (C=O) groups excluding carboxylic acids is 1. The van der Waals surface area contributed by atoms with E-state index in [2.05, 4.69) is 15.2 Å². The van der Waals surface area contributed by atoms with Gasteiger partial charge in [0.2, 0.25) is 0 Å². The summed E-state index contributed by atoms with van der Waals surface area (Å²) in [7, 11) is 1.80. The van der Waals surface area contributed by atoms with Gasteiger partial charge < -0.3 is 16.0 Å². The number of rotatable bonds is 4. The van der Waals surface area contributed by atoms with Crippen LogP contribution in [0, 0.1) is 6.92 Å². The average Bonchev–Trinajstić information content (AvgIpc) is 2.91. The van der Waals surface area contributed by atoms with Crippen LogP contribution in [0.4, 0.5) is 11.6 Å². The van der Waals surface area contributed by atoms with Crippen LogP contribution in [-0.4, -0.2) is 36.9 Å². The fourth-order valence-corrected chi connectivity index (χ4v) is 3.85. The topological polar surface area (TPSA) is 83.6 Å². The first-order valence-electron chi connectivity index (χ1n) is 8.97. The summed E-state index contributed by atoms with van der Waals surface area (Å²) in [5.41, 5.74) is 6.76. The van der Waals surface area contributed by atoms with Gasteiger partial charge in [0.1, 0.15) is 17.5 Å². The summed E-state index contributed by atoms with van der Waals surface area (Å²) >= 11 is 1.42. The molecule has 0 aromatic carbocycles. The van der Waals surface area contributed by atoms with E-state index in [1.165, 1.54) is 37.0 Å². The molecular formula is C19H25N5OS. The zero-order valence-corrected chi connectivity index (χ0v) is 16.1. The van der Waals surface area contributed by atoms with Crippen LogP contribution in [0.1, 0.15) is 45.8 Å². The molecule has 3 rings (SSSR count). The standard InChI is InChI=1S/C19H25N5OS/c1-13-7-9-15(26-13)19(25)23-17(20)14-8-10-16(22-18(14)21-2)24-11-5-3-4-6-12-24/h7-10H,3-6,11-12H2,1-2H3,(H,21,22)(H2,20,23,25). The second-order valence-electron chi connectivity index (χ2n) is 6.43. The van der Waals surface area contributed by atoms with Gasteiger partial charge in [-0.05, 0) is 44.0 Å². The second kappa shape index (κ2) is 8.31. The highest BCUT2D eigenvalue weighted by atomic mass is 32.1.